The molecular weight excluding hydrogens is 295 g/mol. The topological polar surface area (TPSA) is 47.3 Å². The Labute approximate surface area is 127 Å². The lowest BCUT2D eigenvalue weighted by atomic mass is 9.96. The molecule has 5 heteroatoms. The molecule has 3 rings (SSSR count). The maximum atomic E-state index is 6.28. The fourth-order valence-corrected chi connectivity index (χ4v) is 3.07. The van der Waals surface area contributed by atoms with E-state index < -0.39 is 0 Å². The third-order valence-corrected chi connectivity index (χ3v) is 4.06. The third kappa shape index (κ3) is 2.38. The standard InChI is InChI=1S/C15H14Cl2N2O/c16-10-4-5-11(13(17)8-10)14(19-18)12-3-1-2-9-6-7-20-15(9)12/h1-5,8,14,19H,6-7,18H2. The number of halogens is 2. The number of benzene rings is 2. The summed E-state index contributed by atoms with van der Waals surface area (Å²) in [4.78, 5) is 0. The average molecular weight is 309 g/mol. The average Bonchev–Trinajstić information content (AvgIpc) is 2.91. The van der Waals surface area contributed by atoms with E-state index in [1.165, 1.54) is 5.56 Å². The molecule has 0 aliphatic carbocycles. The van der Waals surface area contributed by atoms with Crippen LogP contribution in [0, 0.1) is 0 Å². The van der Waals surface area contributed by atoms with Crippen LogP contribution in [0.15, 0.2) is 36.4 Å². The molecule has 0 radical (unpaired) electrons. The van der Waals surface area contributed by atoms with Gasteiger partial charge < -0.3 is 4.74 Å². The minimum absolute atomic E-state index is 0.229. The van der Waals surface area contributed by atoms with Crippen LogP contribution in [0.3, 0.4) is 0 Å². The van der Waals surface area contributed by atoms with Crippen molar-refractivity contribution < 1.29 is 4.74 Å². The van der Waals surface area contributed by atoms with Crippen LogP contribution in [0.25, 0.3) is 0 Å². The predicted octanol–water partition coefficient (Wildman–Crippen LogP) is 3.48. The van der Waals surface area contributed by atoms with Crippen LogP contribution in [0.5, 0.6) is 5.75 Å². The molecule has 0 saturated heterocycles. The summed E-state index contributed by atoms with van der Waals surface area (Å²) >= 11 is 12.2. The number of hydrogen-bond donors (Lipinski definition) is 2. The van der Waals surface area contributed by atoms with E-state index in [0.29, 0.717) is 16.7 Å². The molecule has 1 aliphatic heterocycles. The van der Waals surface area contributed by atoms with Crippen molar-refractivity contribution >= 4 is 23.2 Å². The molecule has 3 nitrogen and oxygen atoms in total. The van der Waals surface area contributed by atoms with Crippen molar-refractivity contribution in [1.29, 1.82) is 0 Å². The highest BCUT2D eigenvalue weighted by Gasteiger charge is 2.24. The Morgan fingerprint density at radius 1 is 1.15 bits per heavy atom. The Morgan fingerprint density at radius 2 is 2.00 bits per heavy atom. The summed E-state index contributed by atoms with van der Waals surface area (Å²) in [5.41, 5.74) is 5.89. The molecule has 0 spiro atoms. The van der Waals surface area contributed by atoms with Crippen molar-refractivity contribution in [3.05, 3.63) is 63.1 Å². The normalized spacial score (nSPS) is 14.8. The van der Waals surface area contributed by atoms with Gasteiger partial charge in [0.1, 0.15) is 5.75 Å². The molecule has 20 heavy (non-hydrogen) atoms. The van der Waals surface area contributed by atoms with Crippen LogP contribution in [0.1, 0.15) is 22.7 Å². The molecule has 1 unspecified atom stereocenters. The zero-order valence-electron chi connectivity index (χ0n) is 10.7. The number of ether oxygens (including phenoxy) is 1. The highest BCUT2D eigenvalue weighted by Crippen LogP contribution is 2.38. The Kier molecular flexibility index (Phi) is 3.85. The van der Waals surface area contributed by atoms with Gasteiger partial charge in [0.25, 0.3) is 0 Å². The van der Waals surface area contributed by atoms with Crippen LogP contribution < -0.4 is 16.0 Å². The molecule has 0 amide bonds. The second kappa shape index (κ2) is 5.62. The lowest BCUT2D eigenvalue weighted by Crippen LogP contribution is -2.29. The van der Waals surface area contributed by atoms with E-state index in [9.17, 15) is 0 Å². The second-order valence-electron chi connectivity index (χ2n) is 4.70. The van der Waals surface area contributed by atoms with Crippen LogP contribution in [-0.4, -0.2) is 6.61 Å². The number of para-hydroxylation sites is 1. The predicted molar refractivity (Wildman–Crippen MR) is 81.3 cm³/mol. The maximum absolute atomic E-state index is 6.28. The van der Waals surface area contributed by atoms with E-state index in [2.05, 4.69) is 11.5 Å². The van der Waals surface area contributed by atoms with Gasteiger partial charge in [-0.25, -0.2) is 5.43 Å². The Bertz CT molecular complexity index is 646. The van der Waals surface area contributed by atoms with E-state index in [1.54, 1.807) is 12.1 Å². The molecule has 1 atom stereocenters. The van der Waals surface area contributed by atoms with Crippen molar-refractivity contribution in [2.24, 2.45) is 5.84 Å². The van der Waals surface area contributed by atoms with E-state index >= 15 is 0 Å². The highest BCUT2D eigenvalue weighted by atomic mass is 35.5. The van der Waals surface area contributed by atoms with Crippen molar-refractivity contribution in [3.63, 3.8) is 0 Å². The summed E-state index contributed by atoms with van der Waals surface area (Å²) in [7, 11) is 0. The molecule has 3 N–H and O–H groups in total. The summed E-state index contributed by atoms with van der Waals surface area (Å²) in [5.74, 6) is 6.64. The van der Waals surface area contributed by atoms with Crippen LogP contribution in [-0.2, 0) is 6.42 Å². The smallest absolute Gasteiger partial charge is 0.127 e. The monoisotopic (exact) mass is 308 g/mol. The van der Waals surface area contributed by atoms with Gasteiger partial charge in [-0.05, 0) is 23.3 Å². The molecule has 0 aromatic heterocycles. The molecule has 1 aliphatic rings. The second-order valence-corrected chi connectivity index (χ2v) is 5.54. The Balaban J connectivity index is 2.09. The molecule has 1 heterocycles. The van der Waals surface area contributed by atoms with Gasteiger partial charge in [-0.3, -0.25) is 5.84 Å². The van der Waals surface area contributed by atoms with E-state index in [0.717, 1.165) is 23.3 Å². The lowest BCUT2D eigenvalue weighted by molar-refractivity contribution is 0.350. The van der Waals surface area contributed by atoms with E-state index in [1.807, 2.05) is 18.2 Å². The van der Waals surface area contributed by atoms with Gasteiger partial charge in [0.05, 0.1) is 12.6 Å². The molecule has 0 saturated carbocycles. The lowest BCUT2D eigenvalue weighted by Gasteiger charge is -2.20. The maximum Gasteiger partial charge on any atom is 0.127 e. The first kappa shape index (κ1) is 13.7. The fourth-order valence-electron chi connectivity index (χ4n) is 2.55. The number of rotatable bonds is 3. The van der Waals surface area contributed by atoms with Gasteiger partial charge >= 0.3 is 0 Å². The zero-order valence-corrected chi connectivity index (χ0v) is 12.2. The molecule has 0 fully saturated rings. The first-order valence-corrected chi connectivity index (χ1v) is 7.12. The van der Waals surface area contributed by atoms with E-state index in [4.69, 9.17) is 33.8 Å². The van der Waals surface area contributed by atoms with Crippen molar-refractivity contribution in [2.45, 2.75) is 12.5 Å². The van der Waals surface area contributed by atoms with Crippen LogP contribution in [0.2, 0.25) is 10.0 Å². The van der Waals surface area contributed by atoms with Crippen LogP contribution >= 0.6 is 23.2 Å². The molecule has 2 aromatic carbocycles. The minimum atomic E-state index is -0.229. The molecule has 0 bridgehead atoms. The molecule has 104 valence electrons. The minimum Gasteiger partial charge on any atom is -0.493 e. The van der Waals surface area contributed by atoms with Gasteiger partial charge in [0.2, 0.25) is 0 Å². The Hall–Kier alpha value is -1.26. The summed E-state index contributed by atoms with van der Waals surface area (Å²) in [6, 6.07) is 11.3. The zero-order chi connectivity index (χ0) is 14.1. The van der Waals surface area contributed by atoms with Gasteiger partial charge in [-0.2, -0.15) is 0 Å². The Morgan fingerprint density at radius 3 is 2.75 bits per heavy atom. The van der Waals surface area contributed by atoms with Gasteiger partial charge in [-0.15, -0.1) is 0 Å². The molecular formula is C15H14Cl2N2O. The number of nitrogens with one attached hydrogen (secondary N) is 1. The number of nitrogens with two attached hydrogens (primary N) is 1. The number of hydrogen-bond acceptors (Lipinski definition) is 3. The van der Waals surface area contributed by atoms with E-state index in [-0.39, 0.29) is 6.04 Å². The first-order valence-electron chi connectivity index (χ1n) is 6.36. The van der Waals surface area contributed by atoms with Gasteiger partial charge in [-0.1, -0.05) is 47.5 Å². The van der Waals surface area contributed by atoms with Crippen molar-refractivity contribution in [3.8, 4) is 5.75 Å². The first-order chi connectivity index (χ1) is 9.70. The van der Waals surface area contributed by atoms with Crippen LogP contribution in [0.4, 0.5) is 0 Å². The molecule has 2 aromatic rings. The van der Waals surface area contributed by atoms with Gasteiger partial charge in [0.15, 0.2) is 0 Å². The SMILES string of the molecule is NNC(c1ccc(Cl)cc1Cl)c1cccc2c1OCC2. The van der Waals surface area contributed by atoms with Crippen molar-refractivity contribution in [1.82, 2.24) is 5.43 Å². The summed E-state index contributed by atoms with van der Waals surface area (Å²) < 4.78 is 5.73. The summed E-state index contributed by atoms with van der Waals surface area (Å²) in [5, 5.41) is 1.18. The van der Waals surface area contributed by atoms with Gasteiger partial charge in [0, 0.05) is 22.0 Å². The highest BCUT2D eigenvalue weighted by molar-refractivity contribution is 6.35. The largest absolute Gasteiger partial charge is 0.493 e. The number of fused-ring (bicyclic) bond motifs is 1. The quantitative estimate of drug-likeness (QED) is 0.674. The number of hydrazine groups is 1. The van der Waals surface area contributed by atoms with Crippen molar-refractivity contribution in [2.75, 3.05) is 6.61 Å². The third-order valence-electron chi connectivity index (χ3n) is 3.50. The fraction of sp³-hybridized carbons (Fsp3) is 0.200. The summed E-state index contributed by atoms with van der Waals surface area (Å²) in [6.45, 7) is 0.706. The summed E-state index contributed by atoms with van der Waals surface area (Å²) in [6.07, 6.45) is 0.925.